The highest BCUT2D eigenvalue weighted by molar-refractivity contribution is 7.89. The van der Waals surface area contributed by atoms with Gasteiger partial charge in [-0.3, -0.25) is 0 Å². The van der Waals surface area contributed by atoms with Gasteiger partial charge in [0.15, 0.2) is 11.5 Å². The highest BCUT2D eigenvalue weighted by atomic mass is 32.2. The van der Waals surface area contributed by atoms with Crippen molar-refractivity contribution in [2.75, 3.05) is 27.4 Å². The van der Waals surface area contributed by atoms with Crippen LogP contribution in [-0.2, 0) is 10.0 Å². The van der Waals surface area contributed by atoms with Crippen molar-refractivity contribution in [1.29, 1.82) is 0 Å². The van der Waals surface area contributed by atoms with Crippen LogP contribution in [0.3, 0.4) is 0 Å². The summed E-state index contributed by atoms with van der Waals surface area (Å²) < 4.78 is 42.9. The van der Waals surface area contributed by atoms with E-state index >= 15 is 0 Å². The normalized spacial score (nSPS) is 11.1. The van der Waals surface area contributed by atoms with Crippen LogP contribution in [0.15, 0.2) is 47.4 Å². The summed E-state index contributed by atoms with van der Waals surface area (Å²) in [6, 6.07) is 12.0. The van der Waals surface area contributed by atoms with E-state index < -0.39 is 10.0 Å². The van der Waals surface area contributed by atoms with Gasteiger partial charge in [-0.25, -0.2) is 13.1 Å². The molecule has 0 bridgehead atoms. The fourth-order valence-electron chi connectivity index (χ4n) is 2.12. The van der Waals surface area contributed by atoms with Gasteiger partial charge in [0.1, 0.15) is 12.4 Å². The van der Waals surface area contributed by atoms with Crippen molar-refractivity contribution in [2.24, 2.45) is 0 Å². The van der Waals surface area contributed by atoms with E-state index in [2.05, 4.69) is 4.72 Å². The topological polar surface area (TPSA) is 73.9 Å². The number of benzene rings is 2. The van der Waals surface area contributed by atoms with E-state index in [4.69, 9.17) is 14.2 Å². The monoisotopic (exact) mass is 351 g/mol. The molecule has 2 aromatic rings. The van der Waals surface area contributed by atoms with E-state index in [0.717, 1.165) is 11.3 Å². The molecule has 0 aliphatic rings. The second-order valence-corrected chi connectivity index (χ2v) is 6.80. The first-order chi connectivity index (χ1) is 11.5. The average Bonchev–Trinajstić information content (AvgIpc) is 2.59. The van der Waals surface area contributed by atoms with E-state index in [1.807, 2.05) is 31.2 Å². The first kappa shape index (κ1) is 18.1. The van der Waals surface area contributed by atoms with Gasteiger partial charge in [0.2, 0.25) is 10.0 Å². The van der Waals surface area contributed by atoms with E-state index in [9.17, 15) is 8.42 Å². The Bertz CT molecular complexity index is 789. The smallest absolute Gasteiger partial charge is 0.240 e. The van der Waals surface area contributed by atoms with Gasteiger partial charge >= 0.3 is 0 Å². The maximum absolute atomic E-state index is 12.3. The van der Waals surface area contributed by atoms with Gasteiger partial charge in [-0.2, -0.15) is 0 Å². The van der Waals surface area contributed by atoms with Gasteiger partial charge in [-0.1, -0.05) is 18.2 Å². The van der Waals surface area contributed by atoms with Crippen LogP contribution in [-0.4, -0.2) is 35.8 Å². The molecule has 0 aromatic heterocycles. The van der Waals surface area contributed by atoms with Gasteiger partial charge < -0.3 is 14.2 Å². The van der Waals surface area contributed by atoms with Crippen molar-refractivity contribution >= 4 is 10.0 Å². The third kappa shape index (κ3) is 4.39. The molecule has 24 heavy (non-hydrogen) atoms. The van der Waals surface area contributed by atoms with Crippen LogP contribution in [0, 0.1) is 6.92 Å². The predicted octanol–water partition coefficient (Wildman–Crippen LogP) is 2.37. The molecule has 0 amide bonds. The first-order valence-corrected chi connectivity index (χ1v) is 8.86. The van der Waals surface area contributed by atoms with Crippen LogP contribution < -0.4 is 18.9 Å². The van der Waals surface area contributed by atoms with Gasteiger partial charge in [0.05, 0.1) is 19.1 Å². The van der Waals surface area contributed by atoms with E-state index in [0.29, 0.717) is 11.5 Å². The molecule has 2 rings (SSSR count). The lowest BCUT2D eigenvalue weighted by atomic mass is 10.2. The number of hydrogen-bond acceptors (Lipinski definition) is 5. The Kier molecular flexibility index (Phi) is 6.05. The second kappa shape index (κ2) is 8.03. The van der Waals surface area contributed by atoms with Gasteiger partial charge in [0.25, 0.3) is 0 Å². The summed E-state index contributed by atoms with van der Waals surface area (Å²) in [6.45, 7) is 2.32. The van der Waals surface area contributed by atoms with E-state index in [1.54, 1.807) is 6.07 Å². The number of nitrogens with one attached hydrogen (secondary N) is 1. The minimum Gasteiger partial charge on any atom is -0.493 e. The molecular formula is C17H21NO5S. The Morgan fingerprint density at radius 2 is 1.67 bits per heavy atom. The molecule has 2 aromatic carbocycles. The van der Waals surface area contributed by atoms with Crippen molar-refractivity contribution in [2.45, 2.75) is 11.8 Å². The zero-order chi connectivity index (χ0) is 17.6. The predicted molar refractivity (Wildman–Crippen MR) is 91.4 cm³/mol. The molecule has 0 heterocycles. The number of hydrogen-bond donors (Lipinski definition) is 1. The Morgan fingerprint density at radius 1 is 0.958 bits per heavy atom. The molecule has 0 atom stereocenters. The van der Waals surface area contributed by atoms with Gasteiger partial charge in [0, 0.05) is 12.6 Å². The molecule has 0 spiro atoms. The Morgan fingerprint density at radius 3 is 2.33 bits per heavy atom. The molecule has 7 heteroatoms. The standard InChI is InChI=1S/C17H21NO5S/c1-13-6-4-5-7-15(13)23-11-10-18-24(19,20)14-8-9-16(21-2)17(12-14)22-3/h4-9,12,18H,10-11H2,1-3H3. The Balaban J connectivity index is 1.97. The summed E-state index contributed by atoms with van der Waals surface area (Å²) in [4.78, 5) is 0.107. The SMILES string of the molecule is COc1ccc(S(=O)(=O)NCCOc2ccccc2C)cc1OC. The van der Waals surface area contributed by atoms with E-state index in [1.165, 1.54) is 26.4 Å². The van der Waals surface area contributed by atoms with Crippen molar-refractivity contribution < 1.29 is 22.6 Å². The van der Waals surface area contributed by atoms with Crippen LogP contribution in [0.5, 0.6) is 17.2 Å². The third-order valence-electron chi connectivity index (χ3n) is 3.41. The number of sulfonamides is 1. The molecule has 6 nitrogen and oxygen atoms in total. The lowest BCUT2D eigenvalue weighted by molar-refractivity contribution is 0.320. The first-order valence-electron chi connectivity index (χ1n) is 7.38. The van der Waals surface area contributed by atoms with Gasteiger partial charge in [-0.05, 0) is 30.7 Å². The Labute approximate surface area is 142 Å². The van der Waals surface area contributed by atoms with Crippen molar-refractivity contribution in [1.82, 2.24) is 4.72 Å². The van der Waals surface area contributed by atoms with Crippen LogP contribution in [0.25, 0.3) is 0 Å². The maximum Gasteiger partial charge on any atom is 0.240 e. The number of rotatable bonds is 8. The quantitative estimate of drug-likeness (QED) is 0.739. The molecule has 0 unspecified atom stereocenters. The van der Waals surface area contributed by atoms with Crippen molar-refractivity contribution in [3.05, 3.63) is 48.0 Å². The molecule has 0 aliphatic heterocycles. The summed E-state index contributed by atoms with van der Waals surface area (Å²) in [5.74, 6) is 1.57. The lowest BCUT2D eigenvalue weighted by Crippen LogP contribution is -2.28. The highest BCUT2D eigenvalue weighted by Gasteiger charge is 2.16. The molecule has 130 valence electrons. The number of ether oxygens (including phenoxy) is 3. The second-order valence-electron chi connectivity index (χ2n) is 5.03. The van der Waals surface area contributed by atoms with Crippen LogP contribution in [0.1, 0.15) is 5.56 Å². The molecular weight excluding hydrogens is 330 g/mol. The van der Waals surface area contributed by atoms with Crippen molar-refractivity contribution in [3.63, 3.8) is 0 Å². The summed E-state index contributed by atoms with van der Waals surface area (Å²) in [6.07, 6.45) is 0. The van der Waals surface area contributed by atoms with Crippen LogP contribution in [0.2, 0.25) is 0 Å². The van der Waals surface area contributed by atoms with Crippen LogP contribution >= 0.6 is 0 Å². The Hall–Kier alpha value is -2.25. The maximum atomic E-state index is 12.3. The highest BCUT2D eigenvalue weighted by Crippen LogP contribution is 2.29. The fraction of sp³-hybridized carbons (Fsp3) is 0.294. The largest absolute Gasteiger partial charge is 0.493 e. The minimum absolute atomic E-state index is 0.107. The number of methoxy groups -OCH3 is 2. The summed E-state index contributed by atoms with van der Waals surface area (Å²) in [5, 5.41) is 0. The number of para-hydroxylation sites is 1. The molecule has 0 saturated heterocycles. The average molecular weight is 351 g/mol. The summed E-state index contributed by atoms with van der Waals surface area (Å²) in [5.41, 5.74) is 1.00. The molecule has 0 saturated carbocycles. The molecule has 0 fully saturated rings. The zero-order valence-electron chi connectivity index (χ0n) is 13.9. The van der Waals surface area contributed by atoms with E-state index in [-0.39, 0.29) is 18.0 Å². The third-order valence-corrected chi connectivity index (χ3v) is 4.87. The number of aryl methyl sites for hydroxylation is 1. The van der Waals surface area contributed by atoms with Gasteiger partial charge in [-0.15, -0.1) is 0 Å². The zero-order valence-corrected chi connectivity index (χ0v) is 14.7. The summed E-state index contributed by atoms with van der Waals surface area (Å²) in [7, 11) is -0.699. The fourth-order valence-corrected chi connectivity index (χ4v) is 3.15. The molecule has 1 N–H and O–H groups in total. The summed E-state index contributed by atoms with van der Waals surface area (Å²) >= 11 is 0. The minimum atomic E-state index is -3.65. The molecule has 0 aliphatic carbocycles. The van der Waals surface area contributed by atoms with Crippen molar-refractivity contribution in [3.8, 4) is 17.2 Å². The van der Waals surface area contributed by atoms with Crippen LogP contribution in [0.4, 0.5) is 0 Å². The lowest BCUT2D eigenvalue weighted by Gasteiger charge is -2.12. The molecule has 0 radical (unpaired) electrons.